The van der Waals surface area contributed by atoms with Crippen LogP contribution in [0.1, 0.15) is 48.2 Å². The van der Waals surface area contributed by atoms with Crippen molar-refractivity contribution in [2.45, 2.75) is 45.7 Å². The number of nitro groups is 1. The van der Waals surface area contributed by atoms with Crippen LogP contribution in [0.5, 0.6) is 0 Å². The van der Waals surface area contributed by atoms with E-state index in [4.69, 9.17) is 20.1 Å². The molecule has 1 saturated heterocycles. The molecule has 0 bridgehead atoms. The van der Waals surface area contributed by atoms with Gasteiger partial charge in [0.1, 0.15) is 18.2 Å². The topological polar surface area (TPSA) is 133 Å². The molecule has 4 rings (SSSR count). The van der Waals surface area contributed by atoms with Crippen LogP contribution in [0.3, 0.4) is 0 Å². The van der Waals surface area contributed by atoms with Crippen molar-refractivity contribution in [1.29, 1.82) is 5.41 Å². The Kier molecular flexibility index (Phi) is 10.2. The van der Waals surface area contributed by atoms with Crippen molar-refractivity contribution in [1.82, 2.24) is 20.3 Å². The quantitative estimate of drug-likeness (QED) is 0.131. The van der Waals surface area contributed by atoms with E-state index in [1.54, 1.807) is 12.1 Å². The van der Waals surface area contributed by atoms with Crippen LogP contribution < -0.4 is 15.5 Å². The first kappa shape index (κ1) is 28.8. The minimum Gasteiger partial charge on any atom is -0.378 e. The highest BCUT2D eigenvalue weighted by atomic mass is 16.7. The van der Waals surface area contributed by atoms with Crippen molar-refractivity contribution in [2.24, 2.45) is 0 Å². The van der Waals surface area contributed by atoms with Crippen LogP contribution in [0, 0.1) is 22.4 Å². The summed E-state index contributed by atoms with van der Waals surface area (Å²) in [5.74, 6) is 1.90. The van der Waals surface area contributed by atoms with Gasteiger partial charge in [0.2, 0.25) is 0 Å². The lowest BCUT2D eigenvalue weighted by Crippen LogP contribution is -2.43. The second kappa shape index (κ2) is 14.2. The highest BCUT2D eigenvalue weighted by molar-refractivity contribution is 5.75. The third-order valence-corrected chi connectivity index (χ3v) is 6.85. The third kappa shape index (κ3) is 8.12. The number of hydrazine groups is 1. The largest absolute Gasteiger partial charge is 0.378 e. The lowest BCUT2D eigenvalue weighted by atomic mass is 9.94. The summed E-state index contributed by atoms with van der Waals surface area (Å²) in [5.41, 5.74) is 3.26. The van der Waals surface area contributed by atoms with Crippen LogP contribution in [0.15, 0.2) is 60.7 Å². The minimum atomic E-state index is -0.584. The zero-order valence-electron chi connectivity index (χ0n) is 23.2. The molecule has 1 fully saturated rings. The molecule has 0 saturated carbocycles. The molecule has 11 nitrogen and oxygen atoms in total. The van der Waals surface area contributed by atoms with Gasteiger partial charge in [-0.25, -0.2) is 20.1 Å². The summed E-state index contributed by atoms with van der Waals surface area (Å²) < 4.78 is 5.51. The highest BCUT2D eigenvalue weighted by Gasteiger charge is 2.22. The average molecular weight is 547 g/mol. The van der Waals surface area contributed by atoms with Crippen molar-refractivity contribution in [3.63, 3.8) is 0 Å². The molecule has 0 spiro atoms. The summed E-state index contributed by atoms with van der Waals surface area (Å²) >= 11 is 0. The average Bonchev–Trinajstić information content (AvgIpc) is 2.98. The number of ether oxygens (including phenoxy) is 1. The van der Waals surface area contributed by atoms with E-state index in [9.17, 15) is 10.1 Å². The minimum absolute atomic E-state index is 0.0288. The van der Waals surface area contributed by atoms with E-state index in [0.717, 1.165) is 29.2 Å². The summed E-state index contributed by atoms with van der Waals surface area (Å²) in [6.07, 6.45) is 2.11. The van der Waals surface area contributed by atoms with Crippen molar-refractivity contribution >= 4 is 17.6 Å². The number of rotatable bonds is 12. The third-order valence-electron chi connectivity index (χ3n) is 6.85. The van der Waals surface area contributed by atoms with Gasteiger partial charge in [0.15, 0.2) is 10.9 Å². The monoisotopic (exact) mass is 546 g/mol. The molecular formula is C29H38N8O3. The maximum atomic E-state index is 11.7. The molecule has 1 aliphatic heterocycles. The van der Waals surface area contributed by atoms with Gasteiger partial charge < -0.3 is 20.3 Å². The Morgan fingerprint density at radius 3 is 2.55 bits per heavy atom. The zero-order valence-corrected chi connectivity index (χ0v) is 23.2. The molecule has 1 unspecified atom stereocenters. The number of guanidine groups is 1. The van der Waals surface area contributed by atoms with E-state index in [1.165, 1.54) is 11.1 Å². The number of anilines is 2. The number of aryl methyl sites for hydroxylation is 1. The molecule has 1 aromatic heterocycles. The Labute approximate surface area is 235 Å². The van der Waals surface area contributed by atoms with E-state index in [0.29, 0.717) is 50.4 Å². The van der Waals surface area contributed by atoms with Gasteiger partial charge in [0.25, 0.3) is 5.96 Å². The van der Waals surface area contributed by atoms with E-state index < -0.39 is 5.03 Å². The van der Waals surface area contributed by atoms with Crippen LogP contribution >= 0.6 is 0 Å². The maximum absolute atomic E-state index is 11.7. The second-order valence-corrected chi connectivity index (χ2v) is 9.89. The molecule has 0 amide bonds. The normalized spacial score (nSPS) is 13.9. The Morgan fingerprint density at radius 2 is 1.88 bits per heavy atom. The summed E-state index contributed by atoms with van der Waals surface area (Å²) in [6.45, 7) is 7.70. The first-order valence-corrected chi connectivity index (χ1v) is 13.7. The van der Waals surface area contributed by atoms with Crippen LogP contribution in [-0.4, -0.2) is 58.8 Å². The summed E-state index contributed by atoms with van der Waals surface area (Å²) in [5, 5.41) is 26.6. The van der Waals surface area contributed by atoms with E-state index in [-0.39, 0.29) is 19.0 Å². The van der Waals surface area contributed by atoms with Crippen LogP contribution in [0.4, 0.5) is 11.6 Å². The first-order valence-electron chi connectivity index (χ1n) is 13.7. The fourth-order valence-electron chi connectivity index (χ4n) is 4.64. The molecule has 212 valence electrons. The van der Waals surface area contributed by atoms with Crippen molar-refractivity contribution in [3.05, 3.63) is 93.3 Å². The Morgan fingerprint density at radius 1 is 1.15 bits per heavy atom. The number of hydrogen-bond acceptors (Lipinski definition) is 8. The van der Waals surface area contributed by atoms with Crippen LogP contribution in [0.25, 0.3) is 0 Å². The number of benzene rings is 2. The number of aromatic nitrogens is 2. The lowest BCUT2D eigenvalue weighted by molar-refractivity contribution is -0.634. The van der Waals surface area contributed by atoms with Gasteiger partial charge in [-0.05, 0) is 24.5 Å². The maximum Gasteiger partial charge on any atom is 0.255 e. The fraction of sp³-hybridized carbons (Fsp3) is 0.414. The van der Waals surface area contributed by atoms with Gasteiger partial charge in [-0.15, -0.1) is 0 Å². The van der Waals surface area contributed by atoms with Gasteiger partial charge >= 0.3 is 0 Å². The molecule has 1 aliphatic rings. The number of hydrogen-bond donors (Lipinski definition) is 3. The SMILES string of the molecule is CCCC(CNc1cc(N2CCOCC2)nc(CNC(=N)N(Cc2ccccc2)[N+](=O)[O-])n1)c1ccc(C)cc1. The lowest BCUT2D eigenvalue weighted by Gasteiger charge is -2.28. The highest BCUT2D eigenvalue weighted by Crippen LogP contribution is 2.24. The van der Waals surface area contributed by atoms with E-state index in [2.05, 4.69) is 53.6 Å². The Bertz CT molecular complexity index is 1250. The predicted octanol–water partition coefficient (Wildman–Crippen LogP) is 4.34. The molecule has 1 atom stereocenters. The molecule has 3 aromatic rings. The van der Waals surface area contributed by atoms with E-state index >= 15 is 0 Å². The number of morpholine rings is 1. The summed E-state index contributed by atoms with van der Waals surface area (Å²) in [6, 6.07) is 19.7. The molecule has 0 radical (unpaired) electrons. The standard InChI is InChI=1S/C29H38N8O3/c1-3-7-25(24-12-10-22(2)11-13-24)19-31-26-18-28(35-14-16-40-17-15-35)34-27(33-26)20-32-29(30)36(37(38)39)21-23-8-5-4-6-9-23/h4-6,8-13,18,25H,3,7,14-17,19-21H2,1-2H3,(H2,30,32)(H,31,33,34). The van der Waals surface area contributed by atoms with Gasteiger partial charge in [0.05, 0.1) is 19.8 Å². The summed E-state index contributed by atoms with van der Waals surface area (Å²) in [7, 11) is 0. The molecule has 2 heterocycles. The number of nitrogens with zero attached hydrogens (tertiary/aromatic N) is 5. The number of nitrogens with one attached hydrogen (secondary N) is 3. The van der Waals surface area contributed by atoms with Gasteiger partial charge in [-0.3, -0.25) is 5.41 Å². The first-order chi connectivity index (χ1) is 19.4. The van der Waals surface area contributed by atoms with Crippen molar-refractivity contribution in [3.8, 4) is 0 Å². The van der Waals surface area contributed by atoms with E-state index in [1.807, 2.05) is 24.3 Å². The summed E-state index contributed by atoms with van der Waals surface area (Å²) in [4.78, 5) is 23.3. The van der Waals surface area contributed by atoms with Crippen molar-refractivity contribution < 1.29 is 9.77 Å². The van der Waals surface area contributed by atoms with Crippen LogP contribution in [-0.2, 0) is 17.8 Å². The molecule has 0 aliphatic carbocycles. The second-order valence-electron chi connectivity index (χ2n) is 9.89. The molecule has 11 heteroatoms. The van der Waals surface area contributed by atoms with Gasteiger partial charge in [-0.1, -0.05) is 78.5 Å². The van der Waals surface area contributed by atoms with Gasteiger partial charge in [0, 0.05) is 31.6 Å². The van der Waals surface area contributed by atoms with Crippen molar-refractivity contribution in [2.75, 3.05) is 43.1 Å². The predicted molar refractivity (Wildman–Crippen MR) is 156 cm³/mol. The molecule has 3 N–H and O–H groups in total. The molecule has 40 heavy (non-hydrogen) atoms. The molecular weight excluding hydrogens is 508 g/mol. The van der Waals surface area contributed by atoms with Gasteiger partial charge in [-0.2, -0.15) is 0 Å². The molecule has 2 aromatic carbocycles. The smallest absolute Gasteiger partial charge is 0.255 e. The Hall–Kier alpha value is -4.25. The Balaban J connectivity index is 1.49. The zero-order chi connectivity index (χ0) is 28.3. The van der Waals surface area contributed by atoms with Crippen LogP contribution in [0.2, 0.25) is 0 Å². The fourth-order valence-corrected chi connectivity index (χ4v) is 4.64.